The molecule has 0 aliphatic carbocycles. The Morgan fingerprint density at radius 1 is 1.57 bits per heavy atom. The molecule has 0 aromatic carbocycles. The molecule has 0 atom stereocenters. The number of nitrogens with zero attached hydrogens (tertiary/aromatic N) is 1. The van der Waals surface area contributed by atoms with E-state index in [-0.39, 0.29) is 0 Å². The molecule has 0 fully saturated rings. The molecule has 7 heteroatoms. The van der Waals surface area contributed by atoms with E-state index in [4.69, 9.17) is 5.11 Å². The summed E-state index contributed by atoms with van der Waals surface area (Å²) in [5.74, 6) is -1.83. The van der Waals surface area contributed by atoms with Gasteiger partial charge in [-0.05, 0) is 13.8 Å². The van der Waals surface area contributed by atoms with Gasteiger partial charge < -0.3 is 9.52 Å². The van der Waals surface area contributed by atoms with Crippen molar-refractivity contribution in [1.82, 2.24) is 4.98 Å². The van der Waals surface area contributed by atoms with E-state index in [1.165, 1.54) is 13.8 Å². The van der Waals surface area contributed by atoms with Crippen LogP contribution < -0.4 is 0 Å². The molecule has 1 heterocycles. The zero-order valence-electron chi connectivity index (χ0n) is 7.59. The van der Waals surface area contributed by atoms with Crippen LogP contribution in [-0.2, 0) is 9.84 Å². The van der Waals surface area contributed by atoms with E-state index in [0.717, 1.165) is 6.20 Å². The molecule has 14 heavy (non-hydrogen) atoms. The number of sulfone groups is 1. The Hall–Kier alpha value is -1.37. The highest BCUT2D eigenvalue weighted by Crippen LogP contribution is 2.15. The quantitative estimate of drug-likeness (QED) is 0.797. The average molecular weight is 219 g/mol. The van der Waals surface area contributed by atoms with Crippen LogP contribution in [0.2, 0.25) is 0 Å². The van der Waals surface area contributed by atoms with Crippen LogP contribution in [0.15, 0.2) is 15.8 Å². The van der Waals surface area contributed by atoms with E-state index in [1.54, 1.807) is 0 Å². The first-order chi connectivity index (χ1) is 6.35. The van der Waals surface area contributed by atoms with Crippen molar-refractivity contribution in [2.75, 3.05) is 0 Å². The van der Waals surface area contributed by atoms with E-state index in [1.807, 2.05) is 0 Å². The van der Waals surface area contributed by atoms with Gasteiger partial charge in [-0.2, -0.15) is 0 Å². The van der Waals surface area contributed by atoms with Crippen molar-refractivity contribution >= 4 is 15.8 Å². The van der Waals surface area contributed by atoms with Gasteiger partial charge in [-0.15, -0.1) is 0 Å². The third kappa shape index (κ3) is 1.77. The Morgan fingerprint density at radius 3 is 2.50 bits per heavy atom. The van der Waals surface area contributed by atoms with Crippen LogP contribution in [0.4, 0.5) is 0 Å². The molecule has 0 aliphatic rings. The SMILES string of the molecule is CC(C)S(=O)(=O)c1ncc(C(=O)O)o1. The second-order valence-corrected chi connectivity index (χ2v) is 5.27. The van der Waals surface area contributed by atoms with Gasteiger partial charge in [0.15, 0.2) is 0 Å². The fraction of sp³-hybridized carbons (Fsp3) is 0.429. The lowest BCUT2D eigenvalue weighted by atomic mass is 10.5. The van der Waals surface area contributed by atoms with Crippen molar-refractivity contribution in [1.29, 1.82) is 0 Å². The molecule has 0 radical (unpaired) electrons. The Bertz CT molecular complexity index is 444. The molecule has 0 saturated carbocycles. The van der Waals surface area contributed by atoms with Gasteiger partial charge >= 0.3 is 11.2 Å². The molecule has 1 aromatic rings. The highest BCUT2D eigenvalue weighted by atomic mass is 32.2. The van der Waals surface area contributed by atoms with E-state index in [2.05, 4.69) is 9.40 Å². The lowest BCUT2D eigenvalue weighted by molar-refractivity contribution is 0.0656. The Kier molecular flexibility index (Phi) is 2.61. The Balaban J connectivity index is 3.16. The van der Waals surface area contributed by atoms with Gasteiger partial charge in [-0.3, -0.25) is 0 Å². The predicted molar refractivity (Wildman–Crippen MR) is 45.8 cm³/mol. The molecule has 78 valence electrons. The van der Waals surface area contributed by atoms with Gasteiger partial charge in [-0.25, -0.2) is 18.2 Å². The van der Waals surface area contributed by atoms with Gasteiger partial charge in [-0.1, -0.05) is 0 Å². The summed E-state index contributed by atoms with van der Waals surface area (Å²) in [7, 11) is -3.63. The maximum atomic E-state index is 11.4. The van der Waals surface area contributed by atoms with Crippen molar-refractivity contribution in [3.63, 3.8) is 0 Å². The van der Waals surface area contributed by atoms with E-state index in [9.17, 15) is 13.2 Å². The van der Waals surface area contributed by atoms with Crippen molar-refractivity contribution in [3.05, 3.63) is 12.0 Å². The molecular formula is C7H9NO5S. The second kappa shape index (κ2) is 3.41. The van der Waals surface area contributed by atoms with Crippen LogP contribution in [0.5, 0.6) is 0 Å². The lowest BCUT2D eigenvalue weighted by Gasteiger charge is -2.01. The predicted octanol–water partition coefficient (Wildman–Crippen LogP) is 0.555. The molecule has 0 bridgehead atoms. The summed E-state index contributed by atoms with van der Waals surface area (Å²) in [5.41, 5.74) is 0. The second-order valence-electron chi connectivity index (χ2n) is 2.89. The van der Waals surface area contributed by atoms with Gasteiger partial charge in [0, 0.05) is 0 Å². The van der Waals surface area contributed by atoms with Crippen LogP contribution in [0, 0.1) is 0 Å². The van der Waals surface area contributed by atoms with Crippen LogP contribution in [-0.4, -0.2) is 29.7 Å². The number of aromatic carboxylic acids is 1. The minimum atomic E-state index is -3.63. The van der Waals surface area contributed by atoms with Crippen molar-refractivity contribution < 1.29 is 22.7 Å². The molecule has 0 aliphatic heterocycles. The van der Waals surface area contributed by atoms with E-state index >= 15 is 0 Å². The fourth-order valence-corrected chi connectivity index (χ4v) is 1.50. The number of carboxylic acid groups (broad SMARTS) is 1. The number of aromatic nitrogens is 1. The van der Waals surface area contributed by atoms with E-state index < -0.39 is 32.0 Å². The molecule has 1 rings (SSSR count). The largest absolute Gasteiger partial charge is 0.475 e. The first-order valence-electron chi connectivity index (χ1n) is 3.78. The Labute approximate surface area is 80.5 Å². The standard InChI is InChI=1S/C7H9NO5S/c1-4(2)14(11,12)7-8-3-5(13-7)6(9)10/h3-4H,1-2H3,(H,9,10). The summed E-state index contributed by atoms with van der Waals surface area (Å²) < 4.78 is 27.4. The van der Waals surface area contributed by atoms with Gasteiger partial charge in [0.25, 0.3) is 0 Å². The third-order valence-corrected chi connectivity index (χ3v) is 3.48. The molecule has 1 N–H and O–H groups in total. The van der Waals surface area contributed by atoms with Crippen molar-refractivity contribution in [2.45, 2.75) is 24.3 Å². The third-order valence-electron chi connectivity index (χ3n) is 1.56. The molecule has 1 aromatic heterocycles. The lowest BCUT2D eigenvalue weighted by Crippen LogP contribution is -2.14. The summed E-state index contributed by atoms with van der Waals surface area (Å²) in [5, 5.41) is 7.23. The summed E-state index contributed by atoms with van der Waals surface area (Å²) in [6.07, 6.45) is 0.873. The van der Waals surface area contributed by atoms with Crippen molar-refractivity contribution in [2.24, 2.45) is 0 Å². The highest BCUT2D eigenvalue weighted by molar-refractivity contribution is 7.91. The smallest absolute Gasteiger partial charge is 0.373 e. The number of carboxylic acids is 1. The zero-order valence-corrected chi connectivity index (χ0v) is 8.41. The maximum absolute atomic E-state index is 11.4. The first-order valence-corrected chi connectivity index (χ1v) is 5.33. The number of oxazole rings is 1. The fourth-order valence-electron chi connectivity index (χ4n) is 0.690. The van der Waals surface area contributed by atoms with Gasteiger partial charge in [0.2, 0.25) is 15.6 Å². The summed E-state index contributed by atoms with van der Waals surface area (Å²) in [6, 6.07) is 0. The van der Waals surface area contributed by atoms with Gasteiger partial charge in [0.05, 0.1) is 11.4 Å². The minimum Gasteiger partial charge on any atom is -0.475 e. The molecule has 0 unspecified atom stereocenters. The number of hydrogen-bond donors (Lipinski definition) is 1. The maximum Gasteiger partial charge on any atom is 0.373 e. The number of carbonyl (C=O) groups is 1. The van der Waals surface area contributed by atoms with Crippen LogP contribution in [0.25, 0.3) is 0 Å². The normalized spacial score (nSPS) is 11.9. The summed E-state index contributed by atoms with van der Waals surface area (Å²) in [6.45, 7) is 2.92. The molecule has 0 saturated heterocycles. The topological polar surface area (TPSA) is 97.5 Å². The van der Waals surface area contributed by atoms with Crippen LogP contribution in [0.1, 0.15) is 24.4 Å². The first kappa shape index (κ1) is 10.7. The zero-order chi connectivity index (χ0) is 10.9. The summed E-state index contributed by atoms with van der Waals surface area (Å²) in [4.78, 5) is 13.8. The van der Waals surface area contributed by atoms with Crippen molar-refractivity contribution in [3.8, 4) is 0 Å². The monoisotopic (exact) mass is 219 g/mol. The van der Waals surface area contributed by atoms with Gasteiger partial charge in [0.1, 0.15) is 0 Å². The average Bonchev–Trinajstić information content (AvgIpc) is 2.51. The molecule has 0 amide bonds. The van der Waals surface area contributed by atoms with Crippen LogP contribution >= 0.6 is 0 Å². The number of hydrogen-bond acceptors (Lipinski definition) is 5. The van der Waals surface area contributed by atoms with E-state index in [0.29, 0.717) is 0 Å². The summed E-state index contributed by atoms with van der Waals surface area (Å²) >= 11 is 0. The highest BCUT2D eigenvalue weighted by Gasteiger charge is 2.26. The molecule has 6 nitrogen and oxygen atoms in total. The number of rotatable bonds is 3. The van der Waals surface area contributed by atoms with Crippen LogP contribution in [0.3, 0.4) is 0 Å². The Morgan fingerprint density at radius 2 is 2.14 bits per heavy atom. The molecule has 0 spiro atoms. The molecular weight excluding hydrogens is 210 g/mol. The minimum absolute atomic E-state index is 0.482.